The zero-order chi connectivity index (χ0) is 41.5. The van der Waals surface area contributed by atoms with Crippen LogP contribution in [-0.4, -0.2) is 82.9 Å². The molecule has 5 atom stereocenters. The lowest BCUT2D eigenvalue weighted by Gasteiger charge is -2.20. The molecule has 0 amide bonds. The second-order valence-corrected chi connectivity index (χ2v) is 14.1. The fraction of sp³-hybridized carbons (Fsp3) is 0.535. The summed E-state index contributed by atoms with van der Waals surface area (Å²) >= 11 is 0. The van der Waals surface area contributed by atoms with Gasteiger partial charge in [0.25, 0.3) is 0 Å². The van der Waals surface area contributed by atoms with Crippen LogP contribution in [0.4, 0.5) is 0 Å². The number of carbonyl (C=O) groups excluding carboxylic acids is 2. The fourth-order valence-corrected chi connectivity index (χ4v) is 5.26. The number of unbranched alkanes of at least 4 members (excludes halogenated alkanes) is 2. The molecule has 0 aliphatic heterocycles. The maximum absolute atomic E-state index is 12.6. The van der Waals surface area contributed by atoms with Crippen LogP contribution < -0.4 is 5.73 Å². The summed E-state index contributed by atoms with van der Waals surface area (Å²) < 4.78 is 32.4. The predicted octanol–water partition coefficient (Wildman–Crippen LogP) is 7.73. The number of rotatable bonds is 34. The second kappa shape index (κ2) is 37.1. The SMILES string of the molecule is CC/C=C\C/C=C\C/C=C\C/C=C\CCCCC(=O)OC[C@H](COP(=O)(O)OCCN)OC(=O)CCC[C@@H](O)[C@H](O)\C=C/C=C\C=C\C=C\[C@@H](O)C/C=C\CC. The molecule has 0 aliphatic rings. The van der Waals surface area contributed by atoms with Crippen molar-refractivity contribution in [3.05, 3.63) is 109 Å². The van der Waals surface area contributed by atoms with Crippen LogP contribution in [0.2, 0.25) is 0 Å². The van der Waals surface area contributed by atoms with Gasteiger partial charge in [-0.25, -0.2) is 4.57 Å². The average Bonchev–Trinajstić information content (AvgIpc) is 3.17. The van der Waals surface area contributed by atoms with Gasteiger partial charge in [0.05, 0.1) is 31.5 Å². The van der Waals surface area contributed by atoms with E-state index in [2.05, 4.69) is 55.5 Å². The van der Waals surface area contributed by atoms with E-state index in [4.69, 9.17) is 24.3 Å². The topological polar surface area (TPSA) is 195 Å². The van der Waals surface area contributed by atoms with Crippen molar-refractivity contribution in [3.63, 3.8) is 0 Å². The summed E-state index contributed by atoms with van der Waals surface area (Å²) in [5.41, 5.74) is 5.31. The Bertz CT molecular complexity index is 1330. The molecule has 12 nitrogen and oxygen atoms in total. The highest BCUT2D eigenvalue weighted by molar-refractivity contribution is 7.47. The van der Waals surface area contributed by atoms with Gasteiger partial charge in [0, 0.05) is 19.4 Å². The molecule has 0 rings (SSSR count). The fourth-order valence-electron chi connectivity index (χ4n) is 4.49. The molecular formula is C43H68NO11P. The lowest BCUT2D eigenvalue weighted by molar-refractivity contribution is -0.161. The van der Waals surface area contributed by atoms with Crippen LogP contribution in [0.25, 0.3) is 0 Å². The normalized spacial score (nSPS) is 16.2. The van der Waals surface area contributed by atoms with Crippen LogP contribution in [0.15, 0.2) is 109 Å². The van der Waals surface area contributed by atoms with Gasteiger partial charge >= 0.3 is 19.8 Å². The highest BCUT2D eigenvalue weighted by Crippen LogP contribution is 2.43. The van der Waals surface area contributed by atoms with Crippen molar-refractivity contribution in [1.29, 1.82) is 0 Å². The van der Waals surface area contributed by atoms with Gasteiger partial charge in [-0.2, -0.15) is 0 Å². The Labute approximate surface area is 335 Å². The van der Waals surface area contributed by atoms with Gasteiger partial charge in [0.2, 0.25) is 0 Å². The van der Waals surface area contributed by atoms with Gasteiger partial charge < -0.3 is 35.4 Å². The molecule has 0 aliphatic carbocycles. The van der Waals surface area contributed by atoms with Crippen LogP contribution in [0.5, 0.6) is 0 Å². The summed E-state index contributed by atoms with van der Waals surface area (Å²) in [7, 11) is -4.49. The number of carbonyl (C=O) groups is 2. The number of hydrogen-bond donors (Lipinski definition) is 5. The summed E-state index contributed by atoms with van der Waals surface area (Å²) in [6.45, 7) is 2.92. The molecule has 0 heterocycles. The quantitative estimate of drug-likeness (QED) is 0.0140. The molecule has 0 aromatic heterocycles. The van der Waals surface area contributed by atoms with E-state index < -0.39 is 57.4 Å². The van der Waals surface area contributed by atoms with Crippen molar-refractivity contribution in [2.24, 2.45) is 5.73 Å². The molecule has 0 spiro atoms. The van der Waals surface area contributed by atoms with E-state index in [-0.39, 0.29) is 38.8 Å². The minimum atomic E-state index is -4.49. The van der Waals surface area contributed by atoms with E-state index in [1.54, 1.807) is 42.5 Å². The van der Waals surface area contributed by atoms with Crippen molar-refractivity contribution in [1.82, 2.24) is 0 Å². The summed E-state index contributed by atoms with van der Waals surface area (Å²) in [5, 5.41) is 30.4. The molecule has 0 aromatic rings. The maximum Gasteiger partial charge on any atom is 0.472 e. The number of nitrogens with two attached hydrogens (primary N) is 1. The average molecular weight is 806 g/mol. The van der Waals surface area contributed by atoms with E-state index >= 15 is 0 Å². The van der Waals surface area contributed by atoms with Crippen LogP contribution in [0.3, 0.4) is 0 Å². The van der Waals surface area contributed by atoms with Crippen LogP contribution in [0.1, 0.15) is 97.3 Å². The van der Waals surface area contributed by atoms with E-state index in [0.29, 0.717) is 12.8 Å². The number of ether oxygens (including phenoxy) is 2. The van der Waals surface area contributed by atoms with E-state index in [0.717, 1.165) is 44.9 Å². The summed E-state index contributed by atoms with van der Waals surface area (Å²) in [6, 6.07) is 0. The molecule has 0 fully saturated rings. The molecule has 0 saturated heterocycles. The molecule has 0 aromatic carbocycles. The van der Waals surface area contributed by atoms with Crippen LogP contribution in [0, 0.1) is 0 Å². The highest BCUT2D eigenvalue weighted by Gasteiger charge is 2.26. The van der Waals surface area contributed by atoms with E-state index in [1.807, 2.05) is 19.1 Å². The number of hydrogen-bond acceptors (Lipinski definition) is 11. The summed E-state index contributed by atoms with van der Waals surface area (Å²) in [5.74, 6) is -1.23. The second-order valence-electron chi connectivity index (χ2n) is 12.6. The Morgan fingerprint density at radius 1 is 0.679 bits per heavy atom. The molecule has 13 heteroatoms. The van der Waals surface area contributed by atoms with Crippen molar-refractivity contribution >= 4 is 19.8 Å². The van der Waals surface area contributed by atoms with E-state index in [1.165, 1.54) is 6.08 Å². The third kappa shape index (κ3) is 35.0. The van der Waals surface area contributed by atoms with Gasteiger partial charge in [-0.15, -0.1) is 0 Å². The molecule has 1 unspecified atom stereocenters. The largest absolute Gasteiger partial charge is 0.472 e. The van der Waals surface area contributed by atoms with Gasteiger partial charge in [-0.1, -0.05) is 123 Å². The first-order valence-electron chi connectivity index (χ1n) is 19.7. The third-order valence-corrected chi connectivity index (χ3v) is 8.48. The molecule has 6 N–H and O–H groups in total. The number of phosphoric ester groups is 1. The van der Waals surface area contributed by atoms with Crippen molar-refractivity contribution in [2.75, 3.05) is 26.4 Å². The van der Waals surface area contributed by atoms with E-state index in [9.17, 15) is 34.4 Å². The maximum atomic E-state index is 12.6. The first-order chi connectivity index (χ1) is 27.0. The third-order valence-electron chi connectivity index (χ3n) is 7.50. The number of aliphatic hydroxyl groups excluding tert-OH is 3. The Morgan fingerprint density at radius 3 is 1.89 bits per heavy atom. The number of phosphoric acid groups is 1. The number of aliphatic hydroxyl groups is 3. The summed E-state index contributed by atoms with van der Waals surface area (Å²) in [6.07, 6.45) is 37.9. The Kier molecular flexibility index (Phi) is 34.9. The van der Waals surface area contributed by atoms with Crippen molar-refractivity contribution in [3.8, 4) is 0 Å². The first-order valence-corrected chi connectivity index (χ1v) is 21.2. The van der Waals surface area contributed by atoms with Crippen LogP contribution >= 0.6 is 7.82 Å². The Hall–Kier alpha value is -3.45. The smallest absolute Gasteiger partial charge is 0.462 e. The molecule has 0 saturated carbocycles. The first kappa shape index (κ1) is 52.6. The standard InChI is InChI=1S/C43H68NO11P/c1-3-5-7-8-9-10-11-12-13-14-15-16-17-22-26-32-42(48)52-36-39(37-54-56(50,51)53-35-34-44)55-43(49)33-27-31-41(47)40(46)30-25-21-19-18-20-24-29-38(45)28-23-6-4-2/h5-7,9-10,12-13,15-16,18-21,23-25,29-30,38-41,45-47H,3-4,8,11,14,17,22,26-28,31-37,44H2,1-2H3,(H,50,51)/b7-5-,10-9-,13-12-,16-15-,20-18+,21-19-,23-6-,29-24+,30-25-/t38-,39+,40+,41+/m0/s1. The zero-order valence-electron chi connectivity index (χ0n) is 33.4. The Morgan fingerprint density at radius 2 is 1.25 bits per heavy atom. The molecular weight excluding hydrogens is 737 g/mol. The minimum absolute atomic E-state index is 0.0152. The Balaban J connectivity index is 4.66. The molecule has 0 radical (unpaired) electrons. The predicted molar refractivity (Wildman–Crippen MR) is 223 cm³/mol. The number of allylic oxidation sites excluding steroid dienone is 15. The monoisotopic (exact) mass is 805 g/mol. The van der Waals surface area contributed by atoms with Gasteiger partial charge in [0.1, 0.15) is 6.61 Å². The summed E-state index contributed by atoms with van der Waals surface area (Å²) in [4.78, 5) is 34.8. The zero-order valence-corrected chi connectivity index (χ0v) is 34.3. The van der Waals surface area contributed by atoms with Crippen molar-refractivity contribution in [2.45, 2.75) is 122 Å². The highest BCUT2D eigenvalue weighted by atomic mass is 31.2. The van der Waals surface area contributed by atoms with Gasteiger partial charge in [0.15, 0.2) is 6.10 Å². The van der Waals surface area contributed by atoms with Gasteiger partial charge in [-0.05, 0) is 70.6 Å². The lowest BCUT2D eigenvalue weighted by Crippen LogP contribution is -2.30. The van der Waals surface area contributed by atoms with Crippen LogP contribution in [-0.2, 0) is 32.7 Å². The van der Waals surface area contributed by atoms with Gasteiger partial charge in [-0.3, -0.25) is 18.6 Å². The minimum Gasteiger partial charge on any atom is -0.462 e. The lowest BCUT2D eigenvalue weighted by atomic mass is 10.1. The molecule has 0 bridgehead atoms. The molecule has 316 valence electrons. The van der Waals surface area contributed by atoms with Crippen molar-refractivity contribution < 1.29 is 52.9 Å². The number of esters is 2. The molecule has 56 heavy (non-hydrogen) atoms.